The fourth-order valence-electron chi connectivity index (χ4n) is 1.31. The smallest absolute Gasteiger partial charge is 0.322 e. The predicted molar refractivity (Wildman–Crippen MR) is 68.2 cm³/mol. The molecule has 7 heteroatoms. The maximum atomic E-state index is 11.9. The third kappa shape index (κ3) is 3.98. The predicted octanol–water partition coefficient (Wildman–Crippen LogP) is 0.450. The van der Waals surface area contributed by atoms with Gasteiger partial charge in [-0.15, -0.1) is 12.3 Å². The lowest BCUT2D eigenvalue weighted by atomic mass is 10.2. The standard InChI is InChI=1S/C12H13NO5S/c1-3-4-11(12(14)15)13-19(16,17)10-7-5-9(18-2)6-8-10/h1,5-8,11,13H,4H2,2H3,(H,14,15). The molecule has 1 aromatic carbocycles. The number of carboxylic acid groups (broad SMARTS) is 1. The summed E-state index contributed by atoms with van der Waals surface area (Å²) in [6.45, 7) is 0. The van der Waals surface area contributed by atoms with Gasteiger partial charge >= 0.3 is 5.97 Å². The summed E-state index contributed by atoms with van der Waals surface area (Å²) in [5.41, 5.74) is 0. The van der Waals surface area contributed by atoms with Crippen LogP contribution in [-0.4, -0.2) is 32.6 Å². The Morgan fingerprint density at radius 3 is 2.47 bits per heavy atom. The van der Waals surface area contributed by atoms with Crippen LogP contribution in [0.4, 0.5) is 0 Å². The van der Waals surface area contributed by atoms with E-state index in [1.807, 2.05) is 4.72 Å². The summed E-state index contributed by atoms with van der Waals surface area (Å²) in [5, 5.41) is 8.85. The van der Waals surface area contributed by atoms with Gasteiger partial charge in [-0.2, -0.15) is 4.72 Å². The van der Waals surface area contributed by atoms with Gasteiger partial charge < -0.3 is 9.84 Å². The number of rotatable bonds is 6. The number of hydrogen-bond acceptors (Lipinski definition) is 4. The van der Waals surface area contributed by atoms with E-state index >= 15 is 0 Å². The Balaban J connectivity index is 2.96. The molecule has 102 valence electrons. The molecule has 0 fully saturated rings. The molecule has 0 amide bonds. The van der Waals surface area contributed by atoms with Gasteiger partial charge in [0.2, 0.25) is 10.0 Å². The van der Waals surface area contributed by atoms with Gasteiger partial charge in [-0.25, -0.2) is 8.42 Å². The van der Waals surface area contributed by atoms with E-state index in [0.717, 1.165) is 0 Å². The first-order valence-corrected chi connectivity index (χ1v) is 6.71. The van der Waals surface area contributed by atoms with Crippen LogP contribution >= 0.6 is 0 Å². The molecule has 0 aromatic heterocycles. The third-order valence-electron chi connectivity index (χ3n) is 2.29. The number of benzene rings is 1. The Bertz CT molecular complexity index is 586. The van der Waals surface area contributed by atoms with Crippen molar-refractivity contribution >= 4 is 16.0 Å². The van der Waals surface area contributed by atoms with E-state index in [1.165, 1.54) is 31.4 Å². The molecule has 0 radical (unpaired) electrons. The molecular weight excluding hydrogens is 270 g/mol. The molecule has 19 heavy (non-hydrogen) atoms. The number of aliphatic carboxylic acids is 1. The van der Waals surface area contributed by atoms with Gasteiger partial charge in [0.15, 0.2) is 0 Å². The number of sulfonamides is 1. The molecule has 2 N–H and O–H groups in total. The molecule has 0 saturated carbocycles. The zero-order valence-corrected chi connectivity index (χ0v) is 11.0. The topological polar surface area (TPSA) is 92.7 Å². The maximum Gasteiger partial charge on any atom is 0.322 e. The Morgan fingerprint density at radius 2 is 2.05 bits per heavy atom. The molecule has 0 aliphatic heterocycles. The number of carbonyl (C=O) groups is 1. The van der Waals surface area contributed by atoms with Gasteiger partial charge in [0.1, 0.15) is 11.8 Å². The van der Waals surface area contributed by atoms with E-state index in [2.05, 4.69) is 5.92 Å². The second-order valence-electron chi connectivity index (χ2n) is 3.60. The molecule has 1 atom stereocenters. The first-order valence-electron chi connectivity index (χ1n) is 5.23. The second-order valence-corrected chi connectivity index (χ2v) is 5.31. The molecule has 1 unspecified atom stereocenters. The average Bonchev–Trinajstić information content (AvgIpc) is 2.38. The Morgan fingerprint density at radius 1 is 1.47 bits per heavy atom. The highest BCUT2D eigenvalue weighted by molar-refractivity contribution is 7.89. The van der Waals surface area contributed by atoms with Crippen LogP contribution in [0.1, 0.15) is 6.42 Å². The maximum absolute atomic E-state index is 11.9. The zero-order chi connectivity index (χ0) is 14.5. The van der Waals surface area contributed by atoms with Crippen molar-refractivity contribution in [3.8, 4) is 18.1 Å². The van der Waals surface area contributed by atoms with Crippen LogP contribution in [0.15, 0.2) is 29.2 Å². The Labute approximate surface area is 111 Å². The largest absolute Gasteiger partial charge is 0.497 e. The van der Waals surface area contributed by atoms with Crippen LogP contribution in [-0.2, 0) is 14.8 Å². The summed E-state index contributed by atoms with van der Waals surface area (Å²) >= 11 is 0. The molecule has 1 aromatic rings. The van der Waals surface area contributed by atoms with E-state index in [1.54, 1.807) is 0 Å². The van der Waals surface area contributed by atoms with Crippen LogP contribution in [0, 0.1) is 12.3 Å². The van der Waals surface area contributed by atoms with Crippen molar-refractivity contribution in [1.82, 2.24) is 4.72 Å². The first kappa shape index (κ1) is 15.0. The summed E-state index contributed by atoms with van der Waals surface area (Å²) in [4.78, 5) is 10.8. The first-order chi connectivity index (χ1) is 8.90. The number of nitrogens with one attached hydrogen (secondary N) is 1. The Kier molecular flexibility index (Phi) is 4.92. The van der Waals surface area contributed by atoms with Gasteiger partial charge in [-0.3, -0.25) is 4.79 Å². The van der Waals surface area contributed by atoms with Crippen molar-refractivity contribution in [3.05, 3.63) is 24.3 Å². The van der Waals surface area contributed by atoms with Crippen molar-refractivity contribution < 1.29 is 23.1 Å². The van der Waals surface area contributed by atoms with E-state index < -0.39 is 22.0 Å². The highest BCUT2D eigenvalue weighted by atomic mass is 32.2. The molecular formula is C12H13NO5S. The number of hydrogen-bond donors (Lipinski definition) is 2. The molecule has 0 spiro atoms. The molecule has 0 heterocycles. The van der Waals surface area contributed by atoms with E-state index in [-0.39, 0.29) is 11.3 Å². The number of terminal acetylenes is 1. The zero-order valence-electron chi connectivity index (χ0n) is 10.2. The normalized spacial score (nSPS) is 12.4. The monoisotopic (exact) mass is 283 g/mol. The minimum absolute atomic E-state index is 0.0587. The van der Waals surface area contributed by atoms with Crippen molar-refractivity contribution in [2.24, 2.45) is 0 Å². The van der Waals surface area contributed by atoms with Crippen molar-refractivity contribution in [3.63, 3.8) is 0 Å². The summed E-state index contributed by atoms with van der Waals surface area (Å²) < 4.78 is 30.8. The van der Waals surface area contributed by atoms with Crippen LogP contribution in [0.25, 0.3) is 0 Å². The lowest BCUT2D eigenvalue weighted by molar-refractivity contribution is -0.138. The minimum Gasteiger partial charge on any atom is -0.497 e. The highest BCUT2D eigenvalue weighted by Crippen LogP contribution is 2.15. The quantitative estimate of drug-likeness (QED) is 0.739. The molecule has 0 aliphatic rings. The minimum atomic E-state index is -3.93. The number of ether oxygens (including phenoxy) is 1. The average molecular weight is 283 g/mol. The van der Waals surface area contributed by atoms with E-state index in [9.17, 15) is 13.2 Å². The van der Waals surface area contributed by atoms with Crippen molar-refractivity contribution in [1.29, 1.82) is 0 Å². The van der Waals surface area contributed by atoms with Crippen molar-refractivity contribution in [2.75, 3.05) is 7.11 Å². The van der Waals surface area contributed by atoms with E-state index in [0.29, 0.717) is 5.75 Å². The molecule has 6 nitrogen and oxygen atoms in total. The van der Waals surface area contributed by atoms with Gasteiger partial charge in [0.25, 0.3) is 0 Å². The molecule has 0 aliphatic carbocycles. The molecule has 0 saturated heterocycles. The van der Waals surface area contributed by atoms with Crippen LogP contribution < -0.4 is 9.46 Å². The molecule has 1 rings (SSSR count). The number of methoxy groups -OCH3 is 1. The molecule has 0 bridgehead atoms. The summed E-state index contributed by atoms with van der Waals surface area (Å²) in [5.74, 6) is 1.29. The van der Waals surface area contributed by atoms with Gasteiger partial charge in [0.05, 0.1) is 12.0 Å². The fourth-order valence-corrected chi connectivity index (χ4v) is 2.50. The van der Waals surface area contributed by atoms with Gasteiger partial charge in [-0.1, -0.05) is 0 Å². The SMILES string of the molecule is C#CCC(NS(=O)(=O)c1ccc(OC)cc1)C(=O)O. The van der Waals surface area contributed by atoms with Crippen LogP contribution in [0.5, 0.6) is 5.75 Å². The lowest BCUT2D eigenvalue weighted by Gasteiger charge is -2.12. The third-order valence-corrected chi connectivity index (χ3v) is 3.77. The lowest BCUT2D eigenvalue weighted by Crippen LogP contribution is -2.40. The van der Waals surface area contributed by atoms with Gasteiger partial charge in [-0.05, 0) is 24.3 Å². The Hall–Kier alpha value is -2.04. The summed E-state index contributed by atoms with van der Waals surface area (Å²) in [6, 6.07) is 4.21. The van der Waals surface area contributed by atoms with Crippen LogP contribution in [0.2, 0.25) is 0 Å². The number of carboxylic acids is 1. The van der Waals surface area contributed by atoms with Crippen LogP contribution in [0.3, 0.4) is 0 Å². The van der Waals surface area contributed by atoms with E-state index in [4.69, 9.17) is 16.3 Å². The van der Waals surface area contributed by atoms with Gasteiger partial charge in [0, 0.05) is 6.42 Å². The summed E-state index contributed by atoms with van der Waals surface area (Å²) in [6.07, 6.45) is 4.77. The fraction of sp³-hybridized carbons (Fsp3) is 0.250. The second kappa shape index (κ2) is 6.22. The summed E-state index contributed by atoms with van der Waals surface area (Å²) in [7, 11) is -2.48. The van der Waals surface area contributed by atoms with Crippen molar-refractivity contribution in [2.45, 2.75) is 17.4 Å². The highest BCUT2D eigenvalue weighted by Gasteiger charge is 2.24.